The second kappa shape index (κ2) is 4.17. The zero-order chi connectivity index (χ0) is 11.6. The molecule has 0 saturated heterocycles. The van der Waals surface area contributed by atoms with Crippen molar-refractivity contribution < 1.29 is 0 Å². The van der Waals surface area contributed by atoms with Crippen LogP contribution in [0.25, 0.3) is 11.4 Å². The Kier molecular flexibility index (Phi) is 2.87. The highest BCUT2D eigenvalue weighted by Gasteiger charge is 2.13. The second-order valence-electron chi connectivity index (χ2n) is 4.54. The predicted octanol–water partition coefficient (Wildman–Crippen LogP) is 2.81. The number of pyridine rings is 1. The van der Waals surface area contributed by atoms with Crippen molar-refractivity contribution in [1.82, 2.24) is 14.3 Å². The maximum Gasteiger partial charge on any atom is 0.203 e. The number of nitrogens with one attached hydrogen (secondary N) is 1. The van der Waals surface area contributed by atoms with E-state index < -0.39 is 0 Å². The third-order valence-corrected chi connectivity index (χ3v) is 2.46. The molecule has 2 aromatic heterocycles. The highest BCUT2D eigenvalue weighted by atomic mass is 32.1. The number of hydrogen-bond acceptors (Lipinski definition) is 5. The van der Waals surface area contributed by atoms with E-state index in [1.165, 1.54) is 11.5 Å². The fourth-order valence-electron chi connectivity index (χ4n) is 1.21. The Balaban J connectivity index is 2.21. The van der Waals surface area contributed by atoms with Gasteiger partial charge in [0.2, 0.25) is 5.13 Å². The van der Waals surface area contributed by atoms with Gasteiger partial charge in [0.25, 0.3) is 0 Å². The summed E-state index contributed by atoms with van der Waals surface area (Å²) in [5.74, 6) is 0.727. The fourth-order valence-corrected chi connectivity index (χ4v) is 2.01. The maximum absolute atomic E-state index is 4.42. The minimum absolute atomic E-state index is 0.00570. The lowest BCUT2D eigenvalue weighted by atomic mass is 10.1. The topological polar surface area (TPSA) is 50.7 Å². The van der Waals surface area contributed by atoms with Crippen LogP contribution in [0.5, 0.6) is 0 Å². The van der Waals surface area contributed by atoms with Gasteiger partial charge in [0.1, 0.15) is 0 Å². The van der Waals surface area contributed by atoms with Crippen molar-refractivity contribution in [2.24, 2.45) is 0 Å². The van der Waals surface area contributed by atoms with E-state index in [0.717, 1.165) is 16.5 Å². The van der Waals surface area contributed by atoms with Gasteiger partial charge in [-0.05, 0) is 32.9 Å². The van der Waals surface area contributed by atoms with Crippen LogP contribution >= 0.6 is 11.5 Å². The summed E-state index contributed by atoms with van der Waals surface area (Å²) in [6, 6.07) is 3.84. The summed E-state index contributed by atoms with van der Waals surface area (Å²) < 4.78 is 4.30. The summed E-state index contributed by atoms with van der Waals surface area (Å²) >= 11 is 1.37. The average molecular weight is 234 g/mol. The Labute approximate surface area is 98.9 Å². The van der Waals surface area contributed by atoms with Crippen molar-refractivity contribution in [3.05, 3.63) is 24.5 Å². The summed E-state index contributed by atoms with van der Waals surface area (Å²) in [6.45, 7) is 6.29. The molecular formula is C11H14N4S. The molecule has 0 spiro atoms. The quantitative estimate of drug-likeness (QED) is 0.868. The van der Waals surface area contributed by atoms with Gasteiger partial charge in [-0.1, -0.05) is 0 Å². The molecule has 0 radical (unpaired) electrons. The lowest BCUT2D eigenvalue weighted by molar-refractivity contribution is 0.633. The monoisotopic (exact) mass is 234 g/mol. The van der Waals surface area contributed by atoms with Crippen molar-refractivity contribution in [3.63, 3.8) is 0 Å². The van der Waals surface area contributed by atoms with Crippen LogP contribution in [0.2, 0.25) is 0 Å². The van der Waals surface area contributed by atoms with Gasteiger partial charge < -0.3 is 5.32 Å². The van der Waals surface area contributed by atoms with E-state index in [4.69, 9.17) is 0 Å². The first-order valence-electron chi connectivity index (χ1n) is 5.07. The van der Waals surface area contributed by atoms with Crippen LogP contribution in [0.15, 0.2) is 24.5 Å². The van der Waals surface area contributed by atoms with E-state index in [1.54, 1.807) is 12.4 Å². The molecule has 0 saturated carbocycles. The molecule has 5 heteroatoms. The normalized spacial score (nSPS) is 11.4. The van der Waals surface area contributed by atoms with E-state index in [-0.39, 0.29) is 5.54 Å². The first-order chi connectivity index (χ1) is 7.54. The maximum atomic E-state index is 4.42. The van der Waals surface area contributed by atoms with Gasteiger partial charge >= 0.3 is 0 Å². The lowest BCUT2D eigenvalue weighted by Crippen LogP contribution is -2.25. The number of nitrogens with zero attached hydrogens (tertiary/aromatic N) is 3. The third-order valence-electron chi connectivity index (χ3n) is 1.83. The Bertz CT molecular complexity index is 458. The van der Waals surface area contributed by atoms with E-state index in [0.29, 0.717) is 0 Å². The molecule has 0 fully saturated rings. The fraction of sp³-hybridized carbons (Fsp3) is 0.364. The molecule has 4 nitrogen and oxygen atoms in total. The smallest absolute Gasteiger partial charge is 0.203 e. The summed E-state index contributed by atoms with van der Waals surface area (Å²) in [4.78, 5) is 8.47. The number of rotatable bonds is 2. The van der Waals surface area contributed by atoms with E-state index >= 15 is 0 Å². The van der Waals surface area contributed by atoms with Crippen molar-refractivity contribution >= 4 is 16.7 Å². The van der Waals surface area contributed by atoms with Gasteiger partial charge in [-0.25, -0.2) is 0 Å². The van der Waals surface area contributed by atoms with Crippen LogP contribution in [-0.2, 0) is 0 Å². The zero-order valence-corrected chi connectivity index (χ0v) is 10.4. The van der Waals surface area contributed by atoms with Crippen LogP contribution in [-0.4, -0.2) is 19.9 Å². The molecule has 0 bridgehead atoms. The molecule has 0 amide bonds. The standard InChI is InChI=1S/C11H14N4S/c1-11(2,3)14-10-13-9(15-16-10)8-5-4-6-12-7-8/h4-7H,1-3H3,(H,13,14,15). The van der Waals surface area contributed by atoms with Gasteiger partial charge in [-0.15, -0.1) is 0 Å². The van der Waals surface area contributed by atoms with E-state index in [2.05, 4.69) is 40.4 Å². The predicted molar refractivity (Wildman–Crippen MR) is 66.5 cm³/mol. The van der Waals surface area contributed by atoms with Crippen LogP contribution in [0.3, 0.4) is 0 Å². The van der Waals surface area contributed by atoms with Crippen molar-refractivity contribution in [1.29, 1.82) is 0 Å². The Morgan fingerprint density at radius 2 is 2.12 bits per heavy atom. The van der Waals surface area contributed by atoms with Crippen molar-refractivity contribution in [2.45, 2.75) is 26.3 Å². The molecule has 2 rings (SSSR count). The molecule has 2 heterocycles. The van der Waals surface area contributed by atoms with Crippen LogP contribution in [0.4, 0.5) is 5.13 Å². The summed E-state index contributed by atoms with van der Waals surface area (Å²) in [5, 5.41) is 4.13. The molecule has 1 N–H and O–H groups in total. The van der Waals surface area contributed by atoms with E-state index in [9.17, 15) is 0 Å². The van der Waals surface area contributed by atoms with Gasteiger partial charge in [0, 0.05) is 35.0 Å². The van der Waals surface area contributed by atoms with E-state index in [1.807, 2.05) is 12.1 Å². The van der Waals surface area contributed by atoms with Gasteiger partial charge in [-0.3, -0.25) is 4.98 Å². The molecule has 84 valence electrons. The summed E-state index contributed by atoms with van der Waals surface area (Å²) in [6.07, 6.45) is 3.51. The molecule has 0 aliphatic heterocycles. The minimum atomic E-state index is 0.00570. The largest absolute Gasteiger partial charge is 0.356 e. The molecular weight excluding hydrogens is 220 g/mol. The second-order valence-corrected chi connectivity index (χ2v) is 5.29. The summed E-state index contributed by atoms with van der Waals surface area (Å²) in [7, 11) is 0. The Morgan fingerprint density at radius 3 is 2.75 bits per heavy atom. The zero-order valence-electron chi connectivity index (χ0n) is 9.56. The highest BCUT2D eigenvalue weighted by molar-refractivity contribution is 7.09. The number of anilines is 1. The van der Waals surface area contributed by atoms with Gasteiger partial charge in [0.05, 0.1) is 0 Å². The molecule has 0 aromatic carbocycles. The first-order valence-corrected chi connectivity index (χ1v) is 5.84. The molecule has 2 aromatic rings. The van der Waals surface area contributed by atoms with Gasteiger partial charge in [-0.2, -0.15) is 9.36 Å². The average Bonchev–Trinajstić information content (AvgIpc) is 2.65. The van der Waals surface area contributed by atoms with Crippen molar-refractivity contribution in [2.75, 3.05) is 5.32 Å². The molecule has 16 heavy (non-hydrogen) atoms. The number of aromatic nitrogens is 3. The lowest BCUT2D eigenvalue weighted by Gasteiger charge is -2.18. The van der Waals surface area contributed by atoms with Crippen molar-refractivity contribution in [3.8, 4) is 11.4 Å². The minimum Gasteiger partial charge on any atom is -0.356 e. The SMILES string of the molecule is CC(C)(C)Nc1nc(-c2cccnc2)ns1. The van der Waals surface area contributed by atoms with Crippen LogP contribution in [0, 0.1) is 0 Å². The molecule has 0 aliphatic rings. The Morgan fingerprint density at radius 1 is 1.31 bits per heavy atom. The molecule has 0 unspecified atom stereocenters. The Hall–Kier alpha value is -1.49. The van der Waals surface area contributed by atoms with Gasteiger partial charge in [0.15, 0.2) is 5.82 Å². The van der Waals surface area contributed by atoms with Crippen LogP contribution < -0.4 is 5.32 Å². The molecule has 0 atom stereocenters. The summed E-state index contributed by atoms with van der Waals surface area (Å²) in [5.41, 5.74) is 0.951. The molecule has 0 aliphatic carbocycles. The highest BCUT2D eigenvalue weighted by Crippen LogP contribution is 2.22. The number of hydrogen-bond donors (Lipinski definition) is 1. The third kappa shape index (κ3) is 2.76. The van der Waals surface area contributed by atoms with Crippen LogP contribution in [0.1, 0.15) is 20.8 Å². The first kappa shape index (κ1) is 11.0.